The summed E-state index contributed by atoms with van der Waals surface area (Å²) in [6, 6.07) is 16.8. The van der Waals surface area contributed by atoms with Crippen molar-refractivity contribution in [2.24, 2.45) is 0 Å². The van der Waals surface area contributed by atoms with Gasteiger partial charge in [-0.25, -0.2) is 0 Å². The maximum absolute atomic E-state index is 12.4. The molecule has 2 rings (SSSR count). The Bertz CT molecular complexity index is 613. The zero-order valence-electron chi connectivity index (χ0n) is 12.9. The molecule has 0 unspecified atom stereocenters. The third-order valence-corrected chi connectivity index (χ3v) is 3.46. The number of methoxy groups -OCH3 is 1. The molecule has 0 saturated carbocycles. The second-order valence-corrected chi connectivity index (χ2v) is 5.26. The summed E-state index contributed by atoms with van der Waals surface area (Å²) in [4.78, 5) is 13.9. The molecule has 0 heterocycles. The van der Waals surface area contributed by atoms with E-state index < -0.39 is 6.10 Å². The van der Waals surface area contributed by atoms with E-state index in [1.807, 2.05) is 30.3 Å². The van der Waals surface area contributed by atoms with Crippen molar-refractivity contribution in [1.29, 1.82) is 0 Å². The normalized spacial score (nSPS) is 11.8. The highest BCUT2D eigenvalue weighted by atomic mass is 16.5. The van der Waals surface area contributed by atoms with Gasteiger partial charge in [-0.1, -0.05) is 36.4 Å². The van der Waals surface area contributed by atoms with Gasteiger partial charge >= 0.3 is 0 Å². The number of amides is 1. The fourth-order valence-electron chi connectivity index (χ4n) is 2.33. The summed E-state index contributed by atoms with van der Waals surface area (Å²) in [5, 5.41) is 10.2. The molecule has 0 fully saturated rings. The van der Waals surface area contributed by atoms with Gasteiger partial charge in [-0.05, 0) is 23.8 Å². The molecule has 4 heteroatoms. The van der Waals surface area contributed by atoms with Crippen LogP contribution in [-0.4, -0.2) is 42.7 Å². The number of carbonyl (C=O) groups is 1. The zero-order valence-corrected chi connectivity index (χ0v) is 12.9. The molecule has 0 aliphatic rings. The molecular weight excluding hydrogens is 278 g/mol. The van der Waals surface area contributed by atoms with Crippen LogP contribution in [0.3, 0.4) is 0 Å². The van der Waals surface area contributed by atoms with Crippen molar-refractivity contribution < 1.29 is 14.6 Å². The van der Waals surface area contributed by atoms with E-state index in [1.165, 1.54) is 4.90 Å². The Morgan fingerprint density at radius 1 is 1.18 bits per heavy atom. The highest BCUT2D eigenvalue weighted by Crippen LogP contribution is 2.14. The number of aliphatic hydroxyl groups is 1. The number of hydrogen-bond donors (Lipinski definition) is 1. The molecule has 0 bridgehead atoms. The lowest BCUT2D eigenvalue weighted by molar-refractivity contribution is 0.0681. The van der Waals surface area contributed by atoms with Crippen LogP contribution in [0.1, 0.15) is 15.9 Å². The zero-order chi connectivity index (χ0) is 15.9. The van der Waals surface area contributed by atoms with Gasteiger partial charge in [-0.3, -0.25) is 4.79 Å². The topological polar surface area (TPSA) is 49.8 Å². The van der Waals surface area contributed by atoms with E-state index >= 15 is 0 Å². The Balaban J connectivity index is 1.95. The summed E-state index contributed by atoms with van der Waals surface area (Å²) in [6.45, 7) is 0.283. The minimum absolute atomic E-state index is 0.133. The first-order valence-corrected chi connectivity index (χ1v) is 7.21. The molecule has 1 atom stereocenters. The standard InChI is InChI=1S/C18H21NO3/c1-19(13-16(20)11-14-7-4-3-5-8-14)18(21)15-9-6-10-17(12-15)22-2/h3-10,12,16,20H,11,13H2,1-2H3/t16-/m1/s1. The minimum atomic E-state index is -0.595. The Morgan fingerprint density at radius 3 is 2.59 bits per heavy atom. The molecule has 0 radical (unpaired) electrons. The fraction of sp³-hybridized carbons (Fsp3) is 0.278. The Hall–Kier alpha value is -2.33. The molecule has 2 aromatic carbocycles. The summed E-state index contributed by atoms with van der Waals surface area (Å²) in [7, 11) is 3.26. The van der Waals surface area contributed by atoms with Gasteiger partial charge < -0.3 is 14.7 Å². The Morgan fingerprint density at radius 2 is 1.91 bits per heavy atom. The molecule has 22 heavy (non-hydrogen) atoms. The molecule has 1 N–H and O–H groups in total. The molecule has 0 spiro atoms. The number of rotatable bonds is 6. The molecule has 0 aliphatic heterocycles. The molecule has 0 aliphatic carbocycles. The first kappa shape index (κ1) is 16.0. The van der Waals surface area contributed by atoms with Crippen LogP contribution in [0.15, 0.2) is 54.6 Å². The van der Waals surface area contributed by atoms with Crippen molar-refractivity contribution >= 4 is 5.91 Å². The van der Waals surface area contributed by atoms with E-state index in [0.717, 1.165) is 5.56 Å². The molecule has 0 saturated heterocycles. The van der Waals surface area contributed by atoms with Crippen LogP contribution in [-0.2, 0) is 6.42 Å². The number of aliphatic hydroxyl groups excluding tert-OH is 1. The van der Waals surface area contributed by atoms with Crippen molar-refractivity contribution in [2.75, 3.05) is 20.7 Å². The average Bonchev–Trinajstić information content (AvgIpc) is 2.55. The van der Waals surface area contributed by atoms with Gasteiger partial charge in [0.15, 0.2) is 0 Å². The third kappa shape index (κ3) is 4.33. The highest BCUT2D eigenvalue weighted by Gasteiger charge is 2.16. The number of ether oxygens (including phenoxy) is 1. The van der Waals surface area contributed by atoms with Gasteiger partial charge in [0.25, 0.3) is 5.91 Å². The minimum Gasteiger partial charge on any atom is -0.497 e. The van der Waals surface area contributed by atoms with Crippen LogP contribution < -0.4 is 4.74 Å². The summed E-state index contributed by atoms with van der Waals surface area (Å²) >= 11 is 0. The fourth-order valence-corrected chi connectivity index (χ4v) is 2.33. The lowest BCUT2D eigenvalue weighted by Gasteiger charge is -2.21. The van der Waals surface area contributed by atoms with Gasteiger partial charge in [0.1, 0.15) is 5.75 Å². The molecule has 4 nitrogen and oxygen atoms in total. The maximum Gasteiger partial charge on any atom is 0.253 e. The maximum atomic E-state index is 12.4. The first-order valence-electron chi connectivity index (χ1n) is 7.21. The van der Waals surface area contributed by atoms with Gasteiger partial charge in [0.05, 0.1) is 13.2 Å². The number of benzene rings is 2. The average molecular weight is 299 g/mol. The van der Waals surface area contributed by atoms with Crippen LogP contribution in [0, 0.1) is 0 Å². The number of nitrogens with zero attached hydrogens (tertiary/aromatic N) is 1. The van der Waals surface area contributed by atoms with Crippen LogP contribution in [0.2, 0.25) is 0 Å². The van der Waals surface area contributed by atoms with E-state index in [9.17, 15) is 9.90 Å². The largest absolute Gasteiger partial charge is 0.497 e. The van der Waals surface area contributed by atoms with Gasteiger partial charge in [-0.2, -0.15) is 0 Å². The highest BCUT2D eigenvalue weighted by molar-refractivity contribution is 5.94. The SMILES string of the molecule is COc1cccc(C(=O)N(C)C[C@H](O)Cc2ccccc2)c1. The van der Waals surface area contributed by atoms with Crippen LogP contribution >= 0.6 is 0 Å². The number of carbonyl (C=O) groups excluding carboxylic acids is 1. The second-order valence-electron chi connectivity index (χ2n) is 5.26. The quantitative estimate of drug-likeness (QED) is 0.891. The second kappa shape index (κ2) is 7.61. The van der Waals surface area contributed by atoms with Gasteiger partial charge in [-0.15, -0.1) is 0 Å². The summed E-state index contributed by atoms with van der Waals surface area (Å²) in [5.41, 5.74) is 1.60. The Kier molecular flexibility index (Phi) is 5.55. The van der Waals surface area contributed by atoms with Gasteiger partial charge in [0.2, 0.25) is 0 Å². The summed E-state index contributed by atoms with van der Waals surface area (Å²) < 4.78 is 5.12. The van der Waals surface area contributed by atoms with E-state index in [-0.39, 0.29) is 12.5 Å². The smallest absolute Gasteiger partial charge is 0.253 e. The first-order chi connectivity index (χ1) is 10.6. The van der Waals surface area contributed by atoms with Crippen molar-refractivity contribution in [1.82, 2.24) is 4.90 Å². The van der Waals surface area contributed by atoms with Crippen LogP contribution in [0.5, 0.6) is 5.75 Å². The lowest BCUT2D eigenvalue weighted by Crippen LogP contribution is -2.35. The van der Waals surface area contributed by atoms with Gasteiger partial charge in [0, 0.05) is 25.6 Å². The number of hydrogen-bond acceptors (Lipinski definition) is 3. The van der Waals surface area contributed by atoms with E-state index in [2.05, 4.69) is 0 Å². The lowest BCUT2D eigenvalue weighted by atomic mass is 10.1. The van der Waals surface area contributed by atoms with Crippen molar-refractivity contribution in [3.05, 3.63) is 65.7 Å². The Labute approximate surface area is 131 Å². The molecule has 2 aromatic rings. The van der Waals surface area contributed by atoms with E-state index in [4.69, 9.17) is 4.74 Å². The van der Waals surface area contributed by atoms with Crippen molar-refractivity contribution in [3.8, 4) is 5.75 Å². The summed E-state index contributed by atoms with van der Waals surface area (Å²) in [6.07, 6.45) is -0.0710. The molecular formula is C18H21NO3. The molecule has 1 amide bonds. The van der Waals surface area contributed by atoms with Crippen LogP contribution in [0.4, 0.5) is 0 Å². The predicted octanol–water partition coefficient (Wildman–Crippen LogP) is 2.37. The third-order valence-electron chi connectivity index (χ3n) is 3.46. The number of likely N-dealkylation sites (N-methyl/N-ethyl adjacent to an activating group) is 1. The van der Waals surface area contributed by atoms with E-state index in [1.54, 1.807) is 38.4 Å². The monoisotopic (exact) mass is 299 g/mol. The van der Waals surface area contributed by atoms with Crippen molar-refractivity contribution in [2.45, 2.75) is 12.5 Å². The molecule has 116 valence electrons. The van der Waals surface area contributed by atoms with Crippen LogP contribution in [0.25, 0.3) is 0 Å². The summed E-state index contributed by atoms with van der Waals surface area (Å²) in [5.74, 6) is 0.509. The predicted molar refractivity (Wildman–Crippen MR) is 86.1 cm³/mol. The molecule has 0 aromatic heterocycles. The van der Waals surface area contributed by atoms with Crippen molar-refractivity contribution in [3.63, 3.8) is 0 Å². The van der Waals surface area contributed by atoms with E-state index in [0.29, 0.717) is 17.7 Å².